The number of likely N-dealkylation sites (tertiary alicyclic amines) is 1. The van der Waals surface area contributed by atoms with Gasteiger partial charge in [0.15, 0.2) is 5.82 Å². The zero-order chi connectivity index (χ0) is 14.5. The van der Waals surface area contributed by atoms with Crippen LogP contribution in [0.15, 0.2) is 4.52 Å². The van der Waals surface area contributed by atoms with Crippen molar-refractivity contribution in [3.05, 3.63) is 5.82 Å². The van der Waals surface area contributed by atoms with Crippen LogP contribution in [-0.2, 0) is 4.74 Å². The van der Waals surface area contributed by atoms with E-state index in [-0.39, 0.29) is 18.2 Å². The number of anilines is 1. The molecule has 3 rings (SSSR count). The fraction of sp³-hybridized carbons (Fsp3) is 0.769. The summed E-state index contributed by atoms with van der Waals surface area (Å²) in [5.41, 5.74) is -0.456. The fourth-order valence-corrected chi connectivity index (χ4v) is 2.85. The van der Waals surface area contributed by atoms with Gasteiger partial charge in [-0.25, -0.2) is 4.79 Å². The first kappa shape index (κ1) is 13.2. The molecule has 3 heterocycles. The summed E-state index contributed by atoms with van der Waals surface area (Å²) in [5.74, 6) is 0.631. The van der Waals surface area contributed by atoms with Gasteiger partial charge in [0.25, 0.3) is 0 Å². The lowest BCUT2D eigenvalue weighted by Gasteiger charge is -2.34. The molecule has 1 unspecified atom stereocenters. The molecule has 2 aliphatic rings. The first-order valence-corrected chi connectivity index (χ1v) is 6.90. The quantitative estimate of drug-likeness (QED) is 0.777. The molecule has 0 aliphatic carbocycles. The highest BCUT2D eigenvalue weighted by Crippen LogP contribution is 2.34. The Morgan fingerprint density at radius 2 is 2.10 bits per heavy atom. The average molecular weight is 280 g/mol. The number of hydrogen-bond donors (Lipinski definition) is 0. The van der Waals surface area contributed by atoms with Crippen LogP contribution in [0.4, 0.5) is 10.8 Å². The molecule has 1 aromatic rings. The molecular weight excluding hydrogens is 260 g/mol. The standard InChI is InChI=1S/C13H20N4O3/c1-8-14-11(20-15-8)16-6-10-5-9(16)7-17(10)12(18)19-13(2,3)4/h9-10H,5-7H2,1-4H3/t9?,10-/m1/s1. The highest BCUT2D eigenvalue weighted by molar-refractivity contribution is 5.70. The third-order valence-corrected chi connectivity index (χ3v) is 3.63. The first-order chi connectivity index (χ1) is 9.33. The lowest BCUT2D eigenvalue weighted by atomic mass is 10.2. The van der Waals surface area contributed by atoms with Crippen LogP contribution in [0.5, 0.6) is 0 Å². The van der Waals surface area contributed by atoms with Gasteiger partial charge in [0.2, 0.25) is 0 Å². The summed E-state index contributed by atoms with van der Waals surface area (Å²) >= 11 is 0. The number of hydrogen-bond acceptors (Lipinski definition) is 6. The molecule has 1 aromatic heterocycles. The largest absolute Gasteiger partial charge is 0.444 e. The van der Waals surface area contributed by atoms with Gasteiger partial charge in [-0.2, -0.15) is 4.98 Å². The van der Waals surface area contributed by atoms with Crippen LogP contribution in [0, 0.1) is 6.92 Å². The zero-order valence-electron chi connectivity index (χ0n) is 12.3. The molecule has 0 radical (unpaired) electrons. The van der Waals surface area contributed by atoms with Crippen LogP contribution < -0.4 is 4.90 Å². The maximum Gasteiger partial charge on any atom is 0.410 e. The Bertz CT molecular complexity index is 522. The van der Waals surface area contributed by atoms with Crippen LogP contribution in [0.2, 0.25) is 0 Å². The van der Waals surface area contributed by atoms with E-state index < -0.39 is 5.60 Å². The van der Waals surface area contributed by atoms with Crippen molar-refractivity contribution in [3.8, 4) is 0 Å². The minimum Gasteiger partial charge on any atom is -0.444 e. The van der Waals surface area contributed by atoms with Crippen molar-refractivity contribution >= 4 is 12.1 Å². The number of amides is 1. The van der Waals surface area contributed by atoms with Gasteiger partial charge < -0.3 is 19.1 Å². The van der Waals surface area contributed by atoms with Gasteiger partial charge in [-0.05, 0) is 34.1 Å². The predicted octanol–water partition coefficient (Wildman–Crippen LogP) is 1.58. The number of fused-ring (bicyclic) bond motifs is 2. The van der Waals surface area contributed by atoms with Crippen LogP contribution >= 0.6 is 0 Å². The van der Waals surface area contributed by atoms with Crippen LogP contribution in [-0.4, -0.2) is 51.9 Å². The van der Waals surface area contributed by atoms with Crippen molar-refractivity contribution in [2.45, 2.75) is 51.8 Å². The minimum absolute atomic E-state index is 0.169. The van der Waals surface area contributed by atoms with Crippen molar-refractivity contribution in [2.24, 2.45) is 0 Å². The molecular formula is C13H20N4O3. The predicted molar refractivity (Wildman–Crippen MR) is 71.5 cm³/mol. The summed E-state index contributed by atoms with van der Waals surface area (Å²) < 4.78 is 10.6. The van der Waals surface area contributed by atoms with Crippen molar-refractivity contribution < 1.29 is 14.1 Å². The maximum atomic E-state index is 12.1. The molecule has 2 atom stereocenters. The lowest BCUT2D eigenvalue weighted by molar-refractivity contribution is 0.0213. The summed E-state index contributed by atoms with van der Waals surface area (Å²) in [6, 6.07) is 0.966. The van der Waals surface area contributed by atoms with Gasteiger partial charge in [0.05, 0.1) is 12.1 Å². The number of ether oxygens (including phenoxy) is 1. The molecule has 110 valence electrons. The fourth-order valence-electron chi connectivity index (χ4n) is 2.85. The summed E-state index contributed by atoms with van der Waals surface area (Å²) in [4.78, 5) is 20.3. The zero-order valence-corrected chi connectivity index (χ0v) is 12.3. The van der Waals surface area contributed by atoms with Gasteiger partial charge in [0, 0.05) is 13.1 Å². The average Bonchev–Trinajstić information content (AvgIpc) is 2.99. The van der Waals surface area contributed by atoms with Crippen LogP contribution in [0.1, 0.15) is 33.0 Å². The van der Waals surface area contributed by atoms with Gasteiger partial charge in [-0.15, -0.1) is 0 Å². The lowest BCUT2D eigenvalue weighted by Crippen LogP contribution is -2.50. The molecule has 2 fully saturated rings. The molecule has 0 aromatic carbocycles. The summed E-state index contributed by atoms with van der Waals surface area (Å²) in [5, 5.41) is 3.81. The molecule has 0 N–H and O–H groups in total. The van der Waals surface area contributed by atoms with Gasteiger partial charge >= 0.3 is 12.1 Å². The van der Waals surface area contributed by atoms with E-state index in [2.05, 4.69) is 15.0 Å². The third-order valence-electron chi connectivity index (χ3n) is 3.63. The van der Waals surface area contributed by atoms with E-state index in [0.29, 0.717) is 18.4 Å². The molecule has 2 aliphatic heterocycles. The van der Waals surface area contributed by atoms with Gasteiger partial charge in [-0.3, -0.25) is 0 Å². The normalized spacial score (nSPS) is 25.4. The summed E-state index contributed by atoms with van der Waals surface area (Å²) in [6.45, 7) is 8.83. The summed E-state index contributed by atoms with van der Waals surface area (Å²) in [6.07, 6.45) is 0.701. The Hall–Kier alpha value is -1.79. The Morgan fingerprint density at radius 1 is 1.35 bits per heavy atom. The molecule has 2 bridgehead atoms. The van der Waals surface area contributed by atoms with Crippen molar-refractivity contribution in [3.63, 3.8) is 0 Å². The number of piperazine rings is 1. The van der Waals surface area contributed by atoms with Crippen molar-refractivity contribution in [1.29, 1.82) is 0 Å². The Kier molecular flexibility index (Phi) is 2.88. The number of aromatic nitrogens is 2. The molecule has 0 spiro atoms. The number of rotatable bonds is 1. The highest BCUT2D eigenvalue weighted by atomic mass is 16.6. The number of nitrogens with zero attached hydrogens (tertiary/aromatic N) is 4. The second-order valence-corrected chi connectivity index (χ2v) is 6.45. The Balaban J connectivity index is 1.66. The molecule has 7 heteroatoms. The second kappa shape index (κ2) is 4.36. The second-order valence-electron chi connectivity index (χ2n) is 6.45. The van der Waals surface area contributed by atoms with Crippen LogP contribution in [0.25, 0.3) is 0 Å². The maximum absolute atomic E-state index is 12.1. The molecule has 7 nitrogen and oxygen atoms in total. The molecule has 0 saturated carbocycles. The monoisotopic (exact) mass is 280 g/mol. The van der Waals surface area contributed by atoms with E-state index in [1.165, 1.54) is 0 Å². The SMILES string of the molecule is Cc1noc(N2C[C@H]3CC2CN3C(=O)OC(C)(C)C)n1. The Labute approximate surface area is 117 Å². The van der Waals surface area contributed by atoms with Crippen molar-refractivity contribution in [1.82, 2.24) is 15.0 Å². The van der Waals surface area contributed by atoms with E-state index in [0.717, 1.165) is 13.0 Å². The van der Waals surface area contributed by atoms with Crippen LogP contribution in [0.3, 0.4) is 0 Å². The molecule has 20 heavy (non-hydrogen) atoms. The molecule has 1 amide bonds. The van der Waals surface area contributed by atoms with Crippen molar-refractivity contribution in [2.75, 3.05) is 18.0 Å². The van der Waals surface area contributed by atoms with E-state index in [9.17, 15) is 4.79 Å². The van der Waals surface area contributed by atoms with E-state index in [1.807, 2.05) is 25.7 Å². The first-order valence-electron chi connectivity index (χ1n) is 6.90. The topological polar surface area (TPSA) is 71.7 Å². The van der Waals surface area contributed by atoms with E-state index in [1.54, 1.807) is 6.92 Å². The Morgan fingerprint density at radius 3 is 2.60 bits per heavy atom. The number of carbonyl (C=O) groups excluding carboxylic acids is 1. The van der Waals surface area contributed by atoms with E-state index in [4.69, 9.17) is 9.26 Å². The van der Waals surface area contributed by atoms with Gasteiger partial charge in [-0.1, -0.05) is 5.16 Å². The summed E-state index contributed by atoms with van der Waals surface area (Å²) in [7, 11) is 0. The number of aryl methyl sites for hydroxylation is 1. The number of carbonyl (C=O) groups is 1. The van der Waals surface area contributed by atoms with Gasteiger partial charge in [0.1, 0.15) is 5.60 Å². The minimum atomic E-state index is -0.456. The van der Waals surface area contributed by atoms with E-state index >= 15 is 0 Å². The highest BCUT2D eigenvalue weighted by Gasteiger charge is 2.48. The third kappa shape index (κ3) is 2.32. The smallest absolute Gasteiger partial charge is 0.410 e. The molecule has 2 saturated heterocycles.